The van der Waals surface area contributed by atoms with E-state index in [1.165, 1.54) is 11.8 Å². The summed E-state index contributed by atoms with van der Waals surface area (Å²) in [5, 5.41) is 0.456. The van der Waals surface area contributed by atoms with Crippen LogP contribution in [-0.2, 0) is 9.59 Å². The lowest BCUT2D eigenvalue weighted by Gasteiger charge is -2.17. The van der Waals surface area contributed by atoms with Crippen molar-refractivity contribution < 1.29 is 9.59 Å². The lowest BCUT2D eigenvalue weighted by Crippen LogP contribution is -2.31. The van der Waals surface area contributed by atoms with Gasteiger partial charge >= 0.3 is 0 Å². The normalized spacial score (nSPS) is 14.1. The summed E-state index contributed by atoms with van der Waals surface area (Å²) in [4.78, 5) is 29.3. The van der Waals surface area contributed by atoms with Crippen molar-refractivity contribution in [3.05, 3.63) is 98.4 Å². The Balaban J connectivity index is 1.88. The molecule has 0 aliphatic carbocycles. The van der Waals surface area contributed by atoms with Gasteiger partial charge in [0, 0.05) is 4.90 Å². The lowest BCUT2D eigenvalue weighted by molar-refractivity contribution is -0.119. The number of hydrogen-bond acceptors (Lipinski definition) is 3. The number of benzene rings is 3. The maximum atomic E-state index is 13.5. The van der Waals surface area contributed by atoms with Crippen LogP contribution in [0.25, 0.3) is 5.57 Å². The summed E-state index contributed by atoms with van der Waals surface area (Å²) in [5.74, 6) is -0.822. The topological polar surface area (TPSA) is 37.4 Å². The Bertz CT molecular complexity index is 1210. The molecule has 3 aromatic carbocycles. The van der Waals surface area contributed by atoms with Gasteiger partial charge in [-0.1, -0.05) is 77.4 Å². The number of halogens is 2. The molecule has 0 aromatic heterocycles. The zero-order chi connectivity index (χ0) is 21.4. The van der Waals surface area contributed by atoms with Crippen LogP contribution in [0.4, 0.5) is 5.69 Å². The fourth-order valence-electron chi connectivity index (χ4n) is 3.25. The number of nitrogens with zero attached hydrogens (tertiary/aromatic N) is 1. The van der Waals surface area contributed by atoms with Gasteiger partial charge in [0.05, 0.1) is 26.2 Å². The highest BCUT2D eigenvalue weighted by atomic mass is 35.5. The van der Waals surface area contributed by atoms with Crippen LogP contribution in [0.1, 0.15) is 16.7 Å². The third kappa shape index (κ3) is 3.67. The van der Waals surface area contributed by atoms with Crippen LogP contribution in [0.15, 0.2) is 76.5 Å². The largest absolute Gasteiger partial charge is 0.272 e. The summed E-state index contributed by atoms with van der Waals surface area (Å²) in [5.41, 5.74) is 3.51. The second-order valence-corrected chi connectivity index (χ2v) is 8.81. The molecule has 0 fully saturated rings. The minimum atomic E-state index is -0.411. The van der Waals surface area contributed by atoms with Crippen molar-refractivity contribution in [2.75, 3.05) is 4.90 Å². The quantitative estimate of drug-likeness (QED) is 0.413. The number of carbonyl (C=O) groups excluding carboxylic acids is 2. The second kappa shape index (κ2) is 8.31. The summed E-state index contributed by atoms with van der Waals surface area (Å²) in [7, 11) is 0. The average molecular weight is 454 g/mol. The van der Waals surface area contributed by atoms with Gasteiger partial charge < -0.3 is 0 Å². The van der Waals surface area contributed by atoms with Crippen molar-refractivity contribution in [2.24, 2.45) is 0 Å². The molecule has 0 spiro atoms. The molecule has 0 N–H and O–H groups in total. The highest BCUT2D eigenvalue weighted by Gasteiger charge is 2.41. The Kier molecular flexibility index (Phi) is 5.74. The molecule has 1 heterocycles. The third-order valence-corrected chi connectivity index (χ3v) is 6.87. The molecular formula is C24H17Cl2NO2S. The smallest absolute Gasteiger partial charge is 0.268 e. The first-order chi connectivity index (χ1) is 14.4. The van der Waals surface area contributed by atoms with E-state index in [0.717, 1.165) is 20.9 Å². The maximum Gasteiger partial charge on any atom is 0.272 e. The molecule has 3 aromatic rings. The zero-order valence-corrected chi connectivity index (χ0v) is 18.6. The average Bonchev–Trinajstić information content (AvgIpc) is 2.97. The predicted octanol–water partition coefficient (Wildman–Crippen LogP) is 6.69. The molecule has 0 saturated heterocycles. The van der Waals surface area contributed by atoms with Gasteiger partial charge in [0.2, 0.25) is 0 Å². The Hall–Kier alpha value is -2.53. The number of hydrogen-bond donors (Lipinski definition) is 0. The van der Waals surface area contributed by atoms with E-state index < -0.39 is 11.8 Å². The van der Waals surface area contributed by atoms with E-state index in [0.29, 0.717) is 16.0 Å². The fraction of sp³-hybridized carbons (Fsp3) is 0.0833. The summed E-state index contributed by atoms with van der Waals surface area (Å²) < 4.78 is 0. The van der Waals surface area contributed by atoms with Crippen molar-refractivity contribution in [2.45, 2.75) is 18.7 Å². The molecule has 1 aliphatic rings. The molecule has 6 heteroatoms. The number of carbonyl (C=O) groups is 2. The van der Waals surface area contributed by atoms with Crippen molar-refractivity contribution in [1.29, 1.82) is 0 Å². The molecule has 30 heavy (non-hydrogen) atoms. The summed E-state index contributed by atoms with van der Waals surface area (Å²) in [6.45, 7) is 3.99. The number of anilines is 1. The van der Waals surface area contributed by atoms with E-state index in [9.17, 15) is 9.59 Å². The highest BCUT2D eigenvalue weighted by Crippen LogP contribution is 2.44. The highest BCUT2D eigenvalue weighted by molar-refractivity contribution is 8.04. The van der Waals surface area contributed by atoms with E-state index in [1.54, 1.807) is 18.2 Å². The zero-order valence-electron chi connectivity index (χ0n) is 16.3. The predicted molar refractivity (Wildman–Crippen MR) is 124 cm³/mol. The minimum Gasteiger partial charge on any atom is -0.268 e. The molecule has 2 amide bonds. The molecule has 150 valence electrons. The van der Waals surface area contributed by atoms with Crippen LogP contribution in [-0.4, -0.2) is 11.8 Å². The number of thioether (sulfide) groups is 1. The van der Waals surface area contributed by atoms with E-state index in [-0.39, 0.29) is 15.7 Å². The molecular weight excluding hydrogens is 437 g/mol. The summed E-state index contributed by atoms with van der Waals surface area (Å²) in [6.07, 6.45) is 0. The standard InChI is InChI=1S/C24H17Cl2NO2S/c1-14-11-12-16(13-15(14)2)20-22(30-17-7-4-3-5-8-17)24(29)27(23(20)28)19-10-6-9-18(25)21(19)26/h3-13H,1-2H3. The van der Waals surface area contributed by atoms with E-state index >= 15 is 0 Å². The van der Waals surface area contributed by atoms with Crippen molar-refractivity contribution in [1.82, 2.24) is 0 Å². The van der Waals surface area contributed by atoms with Gasteiger partial charge in [0.15, 0.2) is 0 Å². The first-order valence-electron chi connectivity index (χ1n) is 9.26. The van der Waals surface area contributed by atoms with Gasteiger partial charge in [0.25, 0.3) is 11.8 Å². The number of rotatable bonds is 4. The molecule has 0 bridgehead atoms. The summed E-state index contributed by atoms with van der Waals surface area (Å²) in [6, 6.07) is 20.2. The molecule has 3 nitrogen and oxygen atoms in total. The first-order valence-corrected chi connectivity index (χ1v) is 10.8. The van der Waals surface area contributed by atoms with Gasteiger partial charge in [-0.05, 0) is 54.8 Å². The number of amides is 2. The van der Waals surface area contributed by atoms with Crippen LogP contribution in [0.3, 0.4) is 0 Å². The second-order valence-electron chi connectivity index (χ2n) is 6.94. The lowest BCUT2D eigenvalue weighted by atomic mass is 10.0. The van der Waals surface area contributed by atoms with Gasteiger partial charge in [-0.15, -0.1) is 0 Å². The van der Waals surface area contributed by atoms with Gasteiger partial charge in [-0.25, -0.2) is 4.90 Å². The van der Waals surface area contributed by atoms with Crippen LogP contribution >= 0.6 is 35.0 Å². The van der Waals surface area contributed by atoms with Crippen LogP contribution in [0, 0.1) is 13.8 Å². The SMILES string of the molecule is Cc1ccc(C2=C(Sc3ccccc3)C(=O)N(c3cccc(Cl)c3Cl)C2=O)cc1C. The Morgan fingerprint density at radius 2 is 1.53 bits per heavy atom. The molecule has 0 atom stereocenters. The van der Waals surface area contributed by atoms with Gasteiger partial charge in [0.1, 0.15) is 0 Å². The monoisotopic (exact) mass is 453 g/mol. The minimum absolute atomic E-state index is 0.172. The molecule has 0 unspecified atom stereocenters. The third-order valence-electron chi connectivity index (χ3n) is 4.97. The van der Waals surface area contributed by atoms with Gasteiger partial charge in [-0.3, -0.25) is 9.59 Å². The molecule has 0 saturated carbocycles. The number of aryl methyl sites for hydroxylation is 2. The van der Waals surface area contributed by atoms with E-state index in [2.05, 4.69) is 0 Å². The van der Waals surface area contributed by atoms with E-state index in [4.69, 9.17) is 23.2 Å². The Morgan fingerprint density at radius 1 is 0.800 bits per heavy atom. The van der Waals surface area contributed by atoms with Crippen LogP contribution in [0.2, 0.25) is 10.0 Å². The molecule has 1 aliphatic heterocycles. The fourth-order valence-corrected chi connectivity index (χ4v) is 4.64. The Morgan fingerprint density at radius 3 is 2.23 bits per heavy atom. The van der Waals surface area contributed by atoms with Crippen LogP contribution in [0.5, 0.6) is 0 Å². The van der Waals surface area contributed by atoms with Crippen molar-refractivity contribution in [3.63, 3.8) is 0 Å². The summed E-state index contributed by atoms with van der Waals surface area (Å²) >= 11 is 13.8. The molecule has 4 rings (SSSR count). The Labute approximate surface area is 189 Å². The van der Waals surface area contributed by atoms with Crippen molar-refractivity contribution in [3.8, 4) is 0 Å². The maximum absolute atomic E-state index is 13.5. The molecule has 0 radical (unpaired) electrons. The van der Waals surface area contributed by atoms with Crippen LogP contribution < -0.4 is 4.90 Å². The van der Waals surface area contributed by atoms with Gasteiger partial charge in [-0.2, -0.15) is 0 Å². The first kappa shape index (κ1) is 20.7. The van der Waals surface area contributed by atoms with Crippen molar-refractivity contribution >= 4 is 58.0 Å². The van der Waals surface area contributed by atoms with E-state index in [1.807, 2.05) is 62.4 Å². The number of imide groups is 1.